The summed E-state index contributed by atoms with van der Waals surface area (Å²) in [4.78, 5) is 49.0. The zero-order valence-electron chi connectivity index (χ0n) is 21.2. The summed E-state index contributed by atoms with van der Waals surface area (Å²) in [6, 6.07) is 8.16. The molecule has 0 aliphatic carbocycles. The minimum absolute atomic E-state index is 0.144. The third-order valence-corrected chi connectivity index (χ3v) is 6.05. The van der Waals surface area contributed by atoms with E-state index < -0.39 is 65.5 Å². The van der Waals surface area contributed by atoms with E-state index in [2.05, 4.69) is 35.4 Å². The number of carbonyl (C=O) groups is 2. The van der Waals surface area contributed by atoms with Crippen LogP contribution >= 0.6 is 23.2 Å². The summed E-state index contributed by atoms with van der Waals surface area (Å²) in [5.41, 5.74) is -1.45. The number of benzene rings is 1. The first-order valence-corrected chi connectivity index (χ1v) is 12.5. The van der Waals surface area contributed by atoms with Crippen molar-refractivity contribution in [1.82, 2.24) is 34.6 Å². The van der Waals surface area contributed by atoms with Crippen molar-refractivity contribution in [3.8, 4) is 5.69 Å². The van der Waals surface area contributed by atoms with Gasteiger partial charge in [0.15, 0.2) is 5.82 Å². The highest BCUT2D eigenvalue weighted by molar-refractivity contribution is 6.30. The van der Waals surface area contributed by atoms with Gasteiger partial charge in [-0.15, -0.1) is 0 Å². The number of alkyl halides is 5. The molecule has 4 aromatic rings. The average molecular weight is 647 g/mol. The molecule has 4 rings (SSSR count). The van der Waals surface area contributed by atoms with Crippen LogP contribution in [0.5, 0.6) is 0 Å². The molecule has 226 valence electrons. The minimum atomic E-state index is -5.58. The van der Waals surface area contributed by atoms with E-state index in [-0.39, 0.29) is 9.59 Å². The number of aromatic nitrogens is 6. The molecule has 1 amide bonds. The number of hydrogen-bond acceptors (Lipinski definition) is 9. The summed E-state index contributed by atoms with van der Waals surface area (Å²) in [5, 5.41) is 7.74. The maximum Gasteiger partial charge on any atom is 0.491 e. The highest BCUT2D eigenvalue weighted by atomic mass is 35.5. The predicted octanol–water partition coefficient (Wildman–Crippen LogP) is 3.65. The van der Waals surface area contributed by atoms with Crippen molar-refractivity contribution >= 4 is 40.9 Å². The predicted molar refractivity (Wildman–Crippen MR) is 140 cm³/mol. The standard InChI is InChI=1S/C24H17Cl2F5N8O4/c25-14-4-5-15(38-12-32-11-37-38)13(7-14)8-35-19(40)21(43-22(42)24(29,30)31)39-17(26)9-34-18(20(39)41)36-10-23(27,28)16-3-1-2-6-33-16/h1-7,9,11-12,21H,8,10H2,(H,34,36)(H,35,40). The summed E-state index contributed by atoms with van der Waals surface area (Å²) in [7, 11) is 0. The Morgan fingerprint density at radius 1 is 1.07 bits per heavy atom. The molecule has 2 N–H and O–H groups in total. The number of amides is 1. The van der Waals surface area contributed by atoms with Gasteiger partial charge in [0.2, 0.25) is 0 Å². The van der Waals surface area contributed by atoms with Gasteiger partial charge in [-0.2, -0.15) is 27.1 Å². The Morgan fingerprint density at radius 2 is 1.84 bits per heavy atom. The van der Waals surface area contributed by atoms with Crippen molar-refractivity contribution in [2.24, 2.45) is 0 Å². The number of rotatable bonds is 10. The largest absolute Gasteiger partial charge is 0.491 e. The minimum Gasteiger partial charge on any atom is -0.425 e. The van der Waals surface area contributed by atoms with Gasteiger partial charge >= 0.3 is 18.1 Å². The molecule has 43 heavy (non-hydrogen) atoms. The molecule has 1 unspecified atom stereocenters. The van der Waals surface area contributed by atoms with E-state index in [0.717, 1.165) is 12.3 Å². The number of halogens is 7. The molecule has 3 heterocycles. The van der Waals surface area contributed by atoms with Crippen molar-refractivity contribution in [2.75, 3.05) is 11.9 Å². The lowest BCUT2D eigenvalue weighted by atomic mass is 10.1. The molecule has 12 nitrogen and oxygen atoms in total. The van der Waals surface area contributed by atoms with E-state index in [0.29, 0.717) is 17.4 Å². The van der Waals surface area contributed by atoms with Crippen LogP contribution in [0.4, 0.5) is 27.8 Å². The molecule has 0 radical (unpaired) electrons. The van der Waals surface area contributed by atoms with E-state index in [1.165, 1.54) is 47.7 Å². The molecular weight excluding hydrogens is 630 g/mol. The Balaban J connectivity index is 1.65. The molecule has 0 spiro atoms. The van der Waals surface area contributed by atoms with E-state index in [9.17, 15) is 36.3 Å². The second kappa shape index (κ2) is 12.7. The highest BCUT2D eigenvalue weighted by Crippen LogP contribution is 2.27. The molecule has 0 bridgehead atoms. The summed E-state index contributed by atoms with van der Waals surface area (Å²) in [6.45, 7) is -1.65. The second-order valence-corrected chi connectivity index (χ2v) is 9.29. The third-order valence-electron chi connectivity index (χ3n) is 5.54. The fourth-order valence-electron chi connectivity index (χ4n) is 3.56. The Labute approximate surface area is 247 Å². The van der Waals surface area contributed by atoms with Crippen LogP contribution in [0.3, 0.4) is 0 Å². The molecule has 19 heteroatoms. The molecule has 1 atom stereocenters. The molecule has 0 saturated carbocycles. The first-order chi connectivity index (χ1) is 20.3. The Bertz CT molecular complexity index is 1670. The molecule has 3 aromatic heterocycles. The third kappa shape index (κ3) is 7.42. The fourth-order valence-corrected chi connectivity index (χ4v) is 3.97. The molecule has 0 aliphatic heterocycles. The van der Waals surface area contributed by atoms with Crippen LogP contribution in [0.2, 0.25) is 10.2 Å². The molecule has 0 fully saturated rings. The maximum atomic E-state index is 14.6. The molecular formula is C24H17Cl2F5N8O4. The van der Waals surface area contributed by atoms with Crippen LogP contribution in [0, 0.1) is 0 Å². The van der Waals surface area contributed by atoms with Crippen LogP contribution in [-0.4, -0.2) is 53.9 Å². The van der Waals surface area contributed by atoms with E-state index in [4.69, 9.17) is 23.2 Å². The van der Waals surface area contributed by atoms with Crippen LogP contribution in [0.25, 0.3) is 5.69 Å². The van der Waals surface area contributed by atoms with Gasteiger partial charge in [0.05, 0.1) is 18.4 Å². The van der Waals surface area contributed by atoms with Gasteiger partial charge in [0.25, 0.3) is 17.7 Å². The van der Waals surface area contributed by atoms with Gasteiger partial charge in [0, 0.05) is 17.8 Å². The summed E-state index contributed by atoms with van der Waals surface area (Å²) in [6.07, 6.45) is -3.88. The number of anilines is 1. The fraction of sp³-hybridized carbons (Fsp3) is 0.208. The van der Waals surface area contributed by atoms with Crippen LogP contribution in [0.15, 0.2) is 66.2 Å². The number of esters is 1. The van der Waals surface area contributed by atoms with Gasteiger partial charge in [-0.1, -0.05) is 29.3 Å². The normalized spacial score (nSPS) is 12.4. The van der Waals surface area contributed by atoms with E-state index in [1.807, 2.05) is 0 Å². The number of carbonyl (C=O) groups excluding carboxylic acids is 2. The first-order valence-electron chi connectivity index (χ1n) is 11.8. The van der Waals surface area contributed by atoms with Crippen molar-refractivity contribution in [3.63, 3.8) is 0 Å². The van der Waals surface area contributed by atoms with Crippen LogP contribution in [-0.2, 0) is 26.8 Å². The molecule has 1 aromatic carbocycles. The topological polar surface area (TPSA) is 146 Å². The van der Waals surface area contributed by atoms with Gasteiger partial charge in [-0.25, -0.2) is 24.0 Å². The van der Waals surface area contributed by atoms with E-state index >= 15 is 0 Å². The van der Waals surface area contributed by atoms with Gasteiger partial charge in [-0.05, 0) is 35.9 Å². The lowest BCUT2D eigenvalue weighted by Crippen LogP contribution is -2.43. The van der Waals surface area contributed by atoms with Crippen molar-refractivity contribution < 1.29 is 36.3 Å². The maximum absolute atomic E-state index is 14.6. The number of nitrogens with zero attached hydrogens (tertiary/aromatic N) is 6. The molecule has 0 saturated heterocycles. The lowest BCUT2D eigenvalue weighted by Gasteiger charge is -2.22. The Kier molecular flexibility index (Phi) is 9.24. The number of hydrogen-bond donors (Lipinski definition) is 2. The SMILES string of the molecule is O=C(NCc1cc(Cl)ccc1-n1cncn1)C(OC(=O)C(F)(F)F)n1c(Cl)cnc(NCC(F)(F)c2ccccn2)c1=O. The summed E-state index contributed by atoms with van der Waals surface area (Å²) < 4.78 is 74.3. The second-order valence-electron chi connectivity index (χ2n) is 8.46. The van der Waals surface area contributed by atoms with Gasteiger partial charge < -0.3 is 15.4 Å². The summed E-state index contributed by atoms with van der Waals surface area (Å²) in [5.74, 6) is -8.75. The van der Waals surface area contributed by atoms with Crippen LogP contribution < -0.4 is 16.2 Å². The zero-order chi connectivity index (χ0) is 31.4. The highest BCUT2D eigenvalue weighted by Gasteiger charge is 2.44. The monoisotopic (exact) mass is 646 g/mol. The Morgan fingerprint density at radius 3 is 2.49 bits per heavy atom. The van der Waals surface area contributed by atoms with Crippen molar-refractivity contribution in [1.29, 1.82) is 0 Å². The van der Waals surface area contributed by atoms with Gasteiger partial charge in [-0.3, -0.25) is 14.6 Å². The Hall–Kier alpha value is -4.64. The molecule has 0 aliphatic rings. The van der Waals surface area contributed by atoms with Crippen LogP contribution in [0.1, 0.15) is 17.5 Å². The number of ether oxygens (including phenoxy) is 1. The smallest absolute Gasteiger partial charge is 0.425 e. The summed E-state index contributed by atoms with van der Waals surface area (Å²) >= 11 is 12.0. The number of nitrogens with one attached hydrogen (secondary N) is 2. The van der Waals surface area contributed by atoms with E-state index in [1.54, 1.807) is 0 Å². The number of pyridine rings is 1. The average Bonchev–Trinajstić information content (AvgIpc) is 3.50. The lowest BCUT2D eigenvalue weighted by molar-refractivity contribution is -0.209. The van der Waals surface area contributed by atoms with Crippen molar-refractivity contribution in [2.45, 2.75) is 24.9 Å². The first kappa shape index (κ1) is 31.3. The van der Waals surface area contributed by atoms with Gasteiger partial charge in [0.1, 0.15) is 23.5 Å². The zero-order valence-corrected chi connectivity index (χ0v) is 22.7. The van der Waals surface area contributed by atoms with Crippen molar-refractivity contribution in [3.05, 3.63) is 93.2 Å². The quantitative estimate of drug-likeness (QED) is 0.195.